The van der Waals surface area contributed by atoms with Crippen LogP contribution in [0.4, 0.5) is 0 Å². The van der Waals surface area contributed by atoms with Crippen molar-refractivity contribution in [3.05, 3.63) is 72.9 Å². The SMILES string of the molecule is CC/C=C\C/C=C\C/C=C\C/C=C\C/C=C\C/C=C\CCCCCCCCCCCCCCCCC(=O)OC(COC(=O)CCCCCCCCCCCCCCCCCCCCCCCCCCCCCCC)COP(=O)([O-])OCC[N+](C)(C)C. The molecule has 0 heterocycles. The van der Waals surface area contributed by atoms with Crippen LogP contribution in [-0.4, -0.2) is 70.0 Å². The second-order valence-electron chi connectivity index (χ2n) is 25.9. The topological polar surface area (TPSA) is 111 Å². The summed E-state index contributed by atoms with van der Waals surface area (Å²) in [6.07, 6.45) is 90.0. The van der Waals surface area contributed by atoms with Crippen LogP contribution in [0.2, 0.25) is 0 Å². The van der Waals surface area contributed by atoms with Crippen LogP contribution >= 0.6 is 7.82 Å². The van der Waals surface area contributed by atoms with Gasteiger partial charge in [0.25, 0.3) is 7.82 Å². The van der Waals surface area contributed by atoms with E-state index in [0.29, 0.717) is 17.4 Å². The van der Waals surface area contributed by atoms with Crippen molar-refractivity contribution in [3.8, 4) is 0 Å². The number of carbonyl (C=O) groups excluding carboxylic acids is 2. The lowest BCUT2D eigenvalue weighted by Gasteiger charge is -2.28. The molecule has 0 aromatic rings. The maximum absolute atomic E-state index is 12.9. The molecular weight excluding hydrogens is 1090 g/mol. The molecule has 0 spiro atoms. The lowest BCUT2D eigenvalue weighted by Crippen LogP contribution is -2.37. The van der Waals surface area contributed by atoms with Crippen LogP contribution in [-0.2, 0) is 32.7 Å². The lowest BCUT2D eigenvalue weighted by molar-refractivity contribution is -0.870. The molecule has 0 amide bonds. The highest BCUT2D eigenvalue weighted by Crippen LogP contribution is 2.38. The van der Waals surface area contributed by atoms with Gasteiger partial charge in [0.1, 0.15) is 19.8 Å². The Morgan fingerprint density at radius 3 is 0.988 bits per heavy atom. The Bertz CT molecular complexity index is 1680. The number of allylic oxidation sites excluding steroid dienone is 12. The zero-order valence-corrected chi connectivity index (χ0v) is 58.2. The van der Waals surface area contributed by atoms with E-state index in [-0.39, 0.29) is 32.0 Å². The molecule has 86 heavy (non-hydrogen) atoms. The first kappa shape index (κ1) is 83.5. The molecule has 0 radical (unpaired) electrons. The maximum Gasteiger partial charge on any atom is 0.306 e. The lowest BCUT2D eigenvalue weighted by atomic mass is 10.0. The predicted molar refractivity (Wildman–Crippen MR) is 370 cm³/mol. The Morgan fingerprint density at radius 1 is 0.372 bits per heavy atom. The molecule has 502 valence electrons. The van der Waals surface area contributed by atoms with Crippen LogP contribution in [0, 0.1) is 0 Å². The third-order valence-electron chi connectivity index (χ3n) is 16.2. The predicted octanol–water partition coefficient (Wildman–Crippen LogP) is 23.3. The molecule has 0 aliphatic rings. The van der Waals surface area contributed by atoms with E-state index < -0.39 is 26.5 Å². The van der Waals surface area contributed by atoms with Crippen LogP contribution < -0.4 is 4.89 Å². The van der Waals surface area contributed by atoms with Crippen molar-refractivity contribution in [2.24, 2.45) is 0 Å². The van der Waals surface area contributed by atoms with Crippen LogP contribution in [0.15, 0.2) is 72.9 Å². The minimum Gasteiger partial charge on any atom is -0.756 e. The van der Waals surface area contributed by atoms with Crippen LogP contribution in [0.1, 0.15) is 348 Å². The fourth-order valence-corrected chi connectivity index (χ4v) is 11.4. The molecule has 0 N–H and O–H groups in total. The number of nitrogens with zero attached hydrogens (tertiary/aromatic N) is 1. The number of hydrogen-bond donors (Lipinski definition) is 0. The van der Waals surface area contributed by atoms with Crippen molar-refractivity contribution in [2.75, 3.05) is 47.5 Å². The van der Waals surface area contributed by atoms with Crippen molar-refractivity contribution < 1.29 is 42.1 Å². The van der Waals surface area contributed by atoms with Gasteiger partial charge >= 0.3 is 11.9 Å². The number of likely N-dealkylation sites (N-methyl/N-ethyl adjacent to an activating group) is 1. The average Bonchev–Trinajstić information content (AvgIpc) is 3.70. The zero-order chi connectivity index (χ0) is 62.6. The van der Waals surface area contributed by atoms with E-state index in [2.05, 4.69) is 86.8 Å². The number of phosphoric ester groups is 1. The van der Waals surface area contributed by atoms with Crippen molar-refractivity contribution in [1.82, 2.24) is 0 Å². The summed E-state index contributed by atoms with van der Waals surface area (Å²) in [6.45, 7) is 4.18. The summed E-state index contributed by atoms with van der Waals surface area (Å²) in [5.74, 6) is -0.818. The minimum absolute atomic E-state index is 0.0306. The number of unbranched alkanes of at least 4 members (excludes halogenated alkanes) is 42. The molecular formula is C76H140NO8P. The number of carbonyl (C=O) groups is 2. The summed E-state index contributed by atoms with van der Waals surface area (Å²) in [5.41, 5.74) is 0. The van der Waals surface area contributed by atoms with Gasteiger partial charge < -0.3 is 27.9 Å². The highest BCUT2D eigenvalue weighted by Gasteiger charge is 2.22. The van der Waals surface area contributed by atoms with Gasteiger partial charge in [-0.2, -0.15) is 0 Å². The number of hydrogen-bond acceptors (Lipinski definition) is 8. The molecule has 0 aliphatic carbocycles. The Balaban J connectivity index is 4.00. The molecule has 0 rings (SSSR count). The van der Waals surface area contributed by atoms with Gasteiger partial charge in [-0.05, 0) is 64.2 Å². The molecule has 0 bridgehead atoms. The summed E-state index contributed by atoms with van der Waals surface area (Å²) in [4.78, 5) is 38.1. The summed E-state index contributed by atoms with van der Waals surface area (Å²) >= 11 is 0. The average molecular weight is 1230 g/mol. The standard InChI is InChI=1S/C76H140NO8P/c1-6-8-10-12-14-16-18-20-22-24-26-28-30-32-34-36-37-38-39-41-43-45-47-49-51-53-55-57-59-61-63-65-67-69-76(79)85-74(73-84-86(80,81)83-71-70-77(3,4)5)72-82-75(78)68-66-64-62-60-58-56-54-52-50-48-46-44-42-40-35-33-31-29-27-25-23-21-19-17-15-13-11-9-7-2/h8,10,14,16,20,22,26,28,32,34,37-38,74H,6-7,9,11-13,15,17-19,21,23-25,27,29-31,33,35-36,39-73H2,1-5H3/b10-8-,16-14-,22-20-,28-26-,34-32-,38-37-. The smallest absolute Gasteiger partial charge is 0.306 e. The molecule has 0 saturated carbocycles. The van der Waals surface area contributed by atoms with Gasteiger partial charge in [-0.25, -0.2) is 0 Å². The molecule has 0 fully saturated rings. The minimum atomic E-state index is -4.64. The van der Waals surface area contributed by atoms with E-state index in [1.54, 1.807) is 0 Å². The largest absolute Gasteiger partial charge is 0.756 e. The van der Waals surface area contributed by atoms with Crippen molar-refractivity contribution in [2.45, 2.75) is 354 Å². The van der Waals surface area contributed by atoms with Gasteiger partial charge in [-0.15, -0.1) is 0 Å². The Kier molecular flexibility index (Phi) is 64.9. The second-order valence-corrected chi connectivity index (χ2v) is 27.3. The molecule has 9 nitrogen and oxygen atoms in total. The summed E-state index contributed by atoms with van der Waals surface area (Å²) in [6, 6.07) is 0. The second kappa shape index (κ2) is 66.9. The quantitative estimate of drug-likeness (QED) is 0.0195. The van der Waals surface area contributed by atoms with E-state index in [9.17, 15) is 19.0 Å². The van der Waals surface area contributed by atoms with Gasteiger partial charge in [0.2, 0.25) is 0 Å². The van der Waals surface area contributed by atoms with E-state index in [0.717, 1.165) is 77.0 Å². The summed E-state index contributed by atoms with van der Waals surface area (Å²) < 4.78 is 34.4. The van der Waals surface area contributed by atoms with E-state index in [1.165, 1.54) is 238 Å². The van der Waals surface area contributed by atoms with E-state index in [4.69, 9.17) is 18.5 Å². The molecule has 0 aliphatic heterocycles. The monoisotopic (exact) mass is 1230 g/mol. The van der Waals surface area contributed by atoms with Crippen LogP contribution in [0.25, 0.3) is 0 Å². The van der Waals surface area contributed by atoms with Crippen LogP contribution in [0.3, 0.4) is 0 Å². The molecule has 0 aromatic carbocycles. The molecule has 0 saturated heterocycles. The Hall–Kier alpha value is -2.55. The van der Waals surface area contributed by atoms with Gasteiger partial charge in [-0.3, -0.25) is 14.2 Å². The van der Waals surface area contributed by atoms with E-state index in [1.807, 2.05) is 21.1 Å². The van der Waals surface area contributed by atoms with E-state index >= 15 is 0 Å². The molecule has 10 heteroatoms. The Labute approximate surface area is 533 Å². The first-order chi connectivity index (χ1) is 42.0. The number of esters is 2. The zero-order valence-electron chi connectivity index (χ0n) is 57.3. The van der Waals surface area contributed by atoms with Crippen molar-refractivity contribution in [3.63, 3.8) is 0 Å². The molecule has 2 atom stereocenters. The third kappa shape index (κ3) is 70.5. The number of rotatable bonds is 68. The Morgan fingerprint density at radius 2 is 0.663 bits per heavy atom. The van der Waals surface area contributed by atoms with Gasteiger partial charge in [0, 0.05) is 12.8 Å². The molecule has 0 aromatic heterocycles. The van der Waals surface area contributed by atoms with Crippen molar-refractivity contribution >= 4 is 19.8 Å². The first-order valence-electron chi connectivity index (χ1n) is 36.6. The normalized spacial score (nSPS) is 13.5. The van der Waals surface area contributed by atoms with Gasteiger partial charge in [-0.1, -0.05) is 344 Å². The van der Waals surface area contributed by atoms with Gasteiger partial charge in [0.05, 0.1) is 27.7 Å². The summed E-state index contributed by atoms with van der Waals surface area (Å²) in [7, 11) is 1.18. The highest BCUT2D eigenvalue weighted by molar-refractivity contribution is 7.45. The maximum atomic E-state index is 12.9. The number of ether oxygens (including phenoxy) is 2. The van der Waals surface area contributed by atoms with Gasteiger partial charge in [0.15, 0.2) is 6.10 Å². The molecule has 2 unspecified atom stereocenters. The third-order valence-corrected chi connectivity index (χ3v) is 17.2. The number of phosphoric acid groups is 1. The van der Waals surface area contributed by atoms with Crippen molar-refractivity contribution in [1.29, 1.82) is 0 Å². The van der Waals surface area contributed by atoms with Crippen LogP contribution in [0.5, 0.6) is 0 Å². The first-order valence-corrected chi connectivity index (χ1v) is 38.1. The number of quaternary nitrogens is 1. The fraction of sp³-hybridized carbons (Fsp3) is 0.816. The fourth-order valence-electron chi connectivity index (χ4n) is 10.7. The summed E-state index contributed by atoms with van der Waals surface area (Å²) in [5, 5.41) is 0. The highest BCUT2D eigenvalue weighted by atomic mass is 31.2.